The number of ether oxygens (including phenoxy) is 1. The highest BCUT2D eigenvalue weighted by Gasteiger charge is 2.15. The molecule has 0 fully saturated rings. The highest BCUT2D eigenvalue weighted by atomic mass is 16.5. The topological polar surface area (TPSA) is 79.8 Å². The normalized spacial score (nSPS) is 11.6. The summed E-state index contributed by atoms with van der Waals surface area (Å²) in [6, 6.07) is 25.7. The second kappa shape index (κ2) is 12.7. The summed E-state index contributed by atoms with van der Waals surface area (Å²) in [4.78, 5) is 25.8. The Morgan fingerprint density at radius 3 is 2.06 bits per heavy atom. The van der Waals surface area contributed by atoms with Gasteiger partial charge >= 0.3 is 0 Å². The predicted octanol–water partition coefficient (Wildman–Crippen LogP) is 5.18. The Kier molecular flexibility index (Phi) is 9.17. The van der Waals surface area contributed by atoms with Gasteiger partial charge in [0.05, 0.1) is 12.3 Å². The fourth-order valence-corrected chi connectivity index (χ4v) is 3.15. The molecule has 2 N–H and O–H groups in total. The van der Waals surface area contributed by atoms with Gasteiger partial charge in [-0.05, 0) is 54.3 Å². The summed E-state index contributed by atoms with van der Waals surface area (Å²) in [6.07, 6.45) is 3.17. The molecule has 3 aromatic carbocycles. The molecule has 0 saturated carbocycles. The Morgan fingerprint density at radius 1 is 0.853 bits per heavy atom. The first kappa shape index (κ1) is 24.5. The quantitative estimate of drug-likeness (QED) is 0.251. The van der Waals surface area contributed by atoms with Crippen LogP contribution >= 0.6 is 0 Å². The zero-order chi connectivity index (χ0) is 24.2. The smallest absolute Gasteiger partial charge is 0.287 e. The Morgan fingerprint density at radius 2 is 1.47 bits per heavy atom. The van der Waals surface area contributed by atoms with Crippen LogP contribution in [0.25, 0.3) is 6.08 Å². The highest BCUT2D eigenvalue weighted by Crippen LogP contribution is 2.15. The van der Waals surface area contributed by atoms with Gasteiger partial charge in [-0.3, -0.25) is 9.59 Å². The van der Waals surface area contributed by atoms with Crippen LogP contribution in [0.4, 0.5) is 0 Å². The molecule has 174 valence electrons. The second-order valence-electron chi connectivity index (χ2n) is 7.51. The molecule has 6 nitrogen and oxygen atoms in total. The van der Waals surface area contributed by atoms with E-state index in [9.17, 15) is 9.59 Å². The lowest BCUT2D eigenvalue weighted by atomic mass is 10.1. The van der Waals surface area contributed by atoms with Crippen LogP contribution in [-0.4, -0.2) is 24.1 Å². The molecule has 0 aromatic heterocycles. The minimum Gasteiger partial charge on any atom is -0.494 e. The van der Waals surface area contributed by atoms with Crippen molar-refractivity contribution in [1.82, 2.24) is 10.7 Å². The van der Waals surface area contributed by atoms with Gasteiger partial charge in [-0.1, -0.05) is 74.5 Å². The van der Waals surface area contributed by atoms with Crippen molar-refractivity contribution in [2.24, 2.45) is 5.10 Å². The Balaban J connectivity index is 1.84. The van der Waals surface area contributed by atoms with Gasteiger partial charge in [0.2, 0.25) is 0 Å². The summed E-state index contributed by atoms with van der Waals surface area (Å²) < 4.78 is 5.62. The summed E-state index contributed by atoms with van der Waals surface area (Å²) in [5.41, 5.74) is 5.53. The van der Waals surface area contributed by atoms with Crippen LogP contribution in [0.2, 0.25) is 0 Å². The van der Waals surface area contributed by atoms with Gasteiger partial charge in [0, 0.05) is 5.56 Å². The van der Waals surface area contributed by atoms with E-state index >= 15 is 0 Å². The van der Waals surface area contributed by atoms with Gasteiger partial charge in [-0.25, -0.2) is 5.43 Å². The summed E-state index contributed by atoms with van der Waals surface area (Å²) in [7, 11) is 0. The number of rotatable bonds is 10. The van der Waals surface area contributed by atoms with Crippen molar-refractivity contribution in [3.63, 3.8) is 0 Å². The van der Waals surface area contributed by atoms with Crippen LogP contribution in [0.3, 0.4) is 0 Å². The molecule has 2 amide bonds. The number of hydrogen-bond donors (Lipinski definition) is 2. The Hall–Kier alpha value is -4.19. The average Bonchev–Trinajstić information content (AvgIpc) is 2.89. The lowest BCUT2D eigenvalue weighted by Gasteiger charge is -2.11. The van der Waals surface area contributed by atoms with Crippen molar-refractivity contribution in [2.75, 3.05) is 6.61 Å². The highest BCUT2D eigenvalue weighted by molar-refractivity contribution is 6.06. The largest absolute Gasteiger partial charge is 0.494 e. The van der Waals surface area contributed by atoms with Gasteiger partial charge in [0.1, 0.15) is 11.4 Å². The summed E-state index contributed by atoms with van der Waals surface area (Å²) in [6.45, 7) is 4.64. The Labute approximate surface area is 200 Å². The lowest BCUT2D eigenvalue weighted by Crippen LogP contribution is -2.33. The molecular weight excluding hydrogens is 426 g/mol. The van der Waals surface area contributed by atoms with Crippen LogP contribution in [0.5, 0.6) is 5.75 Å². The number of nitrogens with zero attached hydrogens (tertiary/aromatic N) is 1. The first-order valence-electron chi connectivity index (χ1n) is 11.3. The summed E-state index contributed by atoms with van der Waals surface area (Å²) in [5, 5.41) is 7.03. The van der Waals surface area contributed by atoms with Crippen molar-refractivity contribution in [2.45, 2.75) is 26.7 Å². The third kappa shape index (κ3) is 7.17. The number of hydrogen-bond acceptors (Lipinski definition) is 4. The van der Waals surface area contributed by atoms with Crippen LogP contribution in [0, 0.1) is 0 Å². The number of nitrogens with one attached hydrogen (secondary N) is 2. The van der Waals surface area contributed by atoms with E-state index in [1.807, 2.05) is 74.5 Å². The maximum absolute atomic E-state index is 13.0. The molecule has 0 aliphatic carbocycles. The summed E-state index contributed by atoms with van der Waals surface area (Å²) >= 11 is 0. The van der Waals surface area contributed by atoms with E-state index < -0.39 is 5.91 Å². The molecule has 0 saturated heterocycles. The number of hydrazone groups is 1. The van der Waals surface area contributed by atoms with E-state index in [4.69, 9.17) is 4.74 Å². The first-order valence-corrected chi connectivity index (χ1v) is 11.3. The molecular formula is C28H29N3O3. The second-order valence-corrected chi connectivity index (χ2v) is 7.51. The molecule has 0 aliphatic heterocycles. The SMILES string of the molecule is CCCOc1ccc(C=C(NC(=O)c2ccccc2)C(=O)NN=C(CC)c2ccccc2)cc1. The van der Waals surface area contributed by atoms with Crippen molar-refractivity contribution in [3.05, 3.63) is 107 Å². The average molecular weight is 456 g/mol. The first-order chi connectivity index (χ1) is 16.6. The van der Waals surface area contributed by atoms with E-state index in [2.05, 4.69) is 15.8 Å². The lowest BCUT2D eigenvalue weighted by molar-refractivity contribution is -0.117. The molecule has 34 heavy (non-hydrogen) atoms. The van der Waals surface area contributed by atoms with E-state index in [-0.39, 0.29) is 11.6 Å². The summed E-state index contributed by atoms with van der Waals surface area (Å²) in [5.74, 6) is -0.150. The van der Waals surface area contributed by atoms with Crippen LogP contribution in [-0.2, 0) is 4.79 Å². The third-order valence-electron chi connectivity index (χ3n) is 4.93. The number of carbonyl (C=O) groups excluding carboxylic acids is 2. The van der Waals surface area contributed by atoms with E-state index in [1.54, 1.807) is 30.3 Å². The standard InChI is InChI=1S/C28H29N3O3/c1-3-19-34-24-17-15-21(16-18-24)20-26(29-27(32)23-13-9-6-10-14-23)28(33)31-30-25(4-2)22-11-7-5-8-12-22/h5-18,20H,3-4,19H2,1-2H3,(H,29,32)(H,31,33). The molecule has 0 bridgehead atoms. The number of amides is 2. The van der Waals surface area contributed by atoms with Crippen LogP contribution in [0.1, 0.15) is 48.2 Å². The van der Waals surface area contributed by atoms with Crippen LogP contribution in [0.15, 0.2) is 95.7 Å². The van der Waals surface area contributed by atoms with Gasteiger partial charge in [0.15, 0.2) is 0 Å². The minimum atomic E-state index is -0.516. The molecule has 3 aromatic rings. The number of benzene rings is 3. The number of carbonyl (C=O) groups is 2. The van der Waals surface area contributed by atoms with E-state index in [0.717, 1.165) is 29.0 Å². The van der Waals surface area contributed by atoms with Gasteiger partial charge in [-0.2, -0.15) is 5.10 Å². The predicted molar refractivity (Wildman–Crippen MR) is 136 cm³/mol. The molecule has 0 heterocycles. The van der Waals surface area contributed by atoms with E-state index in [0.29, 0.717) is 18.6 Å². The zero-order valence-corrected chi connectivity index (χ0v) is 19.5. The fraction of sp³-hybridized carbons (Fsp3) is 0.179. The van der Waals surface area contributed by atoms with Crippen molar-refractivity contribution in [3.8, 4) is 5.75 Å². The van der Waals surface area contributed by atoms with Crippen molar-refractivity contribution in [1.29, 1.82) is 0 Å². The molecule has 0 unspecified atom stereocenters. The maximum atomic E-state index is 13.0. The zero-order valence-electron chi connectivity index (χ0n) is 19.5. The minimum absolute atomic E-state index is 0.0864. The van der Waals surface area contributed by atoms with Crippen molar-refractivity contribution < 1.29 is 14.3 Å². The molecule has 0 aliphatic rings. The molecule has 0 spiro atoms. The Bertz CT molecular complexity index is 1140. The fourth-order valence-electron chi connectivity index (χ4n) is 3.15. The van der Waals surface area contributed by atoms with Gasteiger partial charge < -0.3 is 10.1 Å². The van der Waals surface area contributed by atoms with E-state index in [1.165, 1.54) is 0 Å². The third-order valence-corrected chi connectivity index (χ3v) is 4.93. The maximum Gasteiger partial charge on any atom is 0.287 e. The van der Waals surface area contributed by atoms with Gasteiger partial charge in [0.25, 0.3) is 11.8 Å². The van der Waals surface area contributed by atoms with Gasteiger partial charge in [-0.15, -0.1) is 0 Å². The van der Waals surface area contributed by atoms with Crippen molar-refractivity contribution >= 4 is 23.6 Å². The van der Waals surface area contributed by atoms with Crippen LogP contribution < -0.4 is 15.5 Å². The molecule has 0 radical (unpaired) electrons. The molecule has 0 atom stereocenters. The monoisotopic (exact) mass is 455 g/mol. The molecule has 3 rings (SSSR count). The molecule has 6 heteroatoms.